The van der Waals surface area contributed by atoms with Crippen LogP contribution in [0.2, 0.25) is 0 Å². The van der Waals surface area contributed by atoms with Crippen LogP contribution in [-0.4, -0.2) is 23.3 Å². The molecule has 0 aromatic heterocycles. The summed E-state index contributed by atoms with van der Waals surface area (Å²) in [6, 6.07) is -1.12. The van der Waals surface area contributed by atoms with Crippen LogP contribution >= 0.6 is 0 Å². The second-order valence-electron chi connectivity index (χ2n) is 1.23. The number of carbonyl (C=O) groups excluding carboxylic acids is 2. The number of carboxylic acids is 1. The average molecular weight is 133 g/mol. The minimum Gasteiger partial charge on any atom is -0.545 e. The highest BCUT2D eigenvalue weighted by molar-refractivity contribution is 5.79. The van der Waals surface area contributed by atoms with Crippen molar-refractivity contribution in [1.29, 1.82) is 0 Å². The van der Waals surface area contributed by atoms with Crippen LogP contribution in [0.4, 0.5) is 4.79 Å². The van der Waals surface area contributed by atoms with Crippen molar-refractivity contribution < 1.29 is 19.8 Å². The molecule has 0 rings (SSSR count). The van der Waals surface area contributed by atoms with Gasteiger partial charge in [-0.1, -0.05) is 0 Å². The summed E-state index contributed by atoms with van der Waals surface area (Å²) in [5.41, 5.74) is 4.43. The molecule has 0 bridgehead atoms. The molecule has 6 nitrogen and oxygen atoms in total. The third-order valence-corrected chi connectivity index (χ3v) is 0.502. The lowest BCUT2D eigenvalue weighted by Gasteiger charge is -2.10. The zero-order valence-corrected chi connectivity index (χ0v) is 4.33. The smallest absolute Gasteiger partial charge is 0.314 e. The average Bonchev–Trinajstić information content (AvgIpc) is 1.63. The van der Waals surface area contributed by atoms with Crippen molar-refractivity contribution in [3.05, 3.63) is 0 Å². The molecule has 0 aliphatic heterocycles. The number of urea groups is 1. The molecule has 0 aliphatic rings. The largest absolute Gasteiger partial charge is 0.545 e. The molecular formula is C3H5N2O4-. The molecule has 2 amide bonds. The fourth-order valence-corrected chi connectivity index (χ4v) is 0.194. The maximum absolute atomic E-state index is 9.77. The Bertz CT molecular complexity index is 134. The highest BCUT2D eigenvalue weighted by Gasteiger charge is 2.03. The van der Waals surface area contributed by atoms with Crippen molar-refractivity contribution in [2.75, 3.05) is 0 Å². The molecule has 0 radical (unpaired) electrons. The summed E-state index contributed by atoms with van der Waals surface area (Å²) >= 11 is 0. The Balaban J connectivity index is 3.63. The Hall–Kier alpha value is -1.30. The van der Waals surface area contributed by atoms with Gasteiger partial charge in [-0.05, 0) is 0 Å². The van der Waals surface area contributed by atoms with E-state index in [-0.39, 0.29) is 0 Å². The van der Waals surface area contributed by atoms with Gasteiger partial charge < -0.3 is 26.1 Å². The third kappa shape index (κ3) is 3.30. The number of aliphatic hydroxyl groups is 1. The normalized spacial score (nSPS) is 12.1. The highest BCUT2D eigenvalue weighted by Crippen LogP contribution is 1.69. The quantitative estimate of drug-likeness (QED) is 0.342. The number of carbonyl (C=O) groups is 2. The van der Waals surface area contributed by atoms with Gasteiger partial charge in [0, 0.05) is 0 Å². The van der Waals surface area contributed by atoms with Crippen LogP contribution < -0.4 is 16.2 Å². The number of carboxylic acid groups (broad SMARTS) is 1. The molecule has 1 atom stereocenters. The molecule has 0 heterocycles. The summed E-state index contributed by atoms with van der Waals surface area (Å²) < 4.78 is 0. The second-order valence-corrected chi connectivity index (χ2v) is 1.23. The predicted octanol–water partition coefficient (Wildman–Crippen LogP) is -3.28. The van der Waals surface area contributed by atoms with Crippen LogP contribution in [0, 0.1) is 0 Å². The number of rotatable bonds is 2. The summed E-state index contributed by atoms with van der Waals surface area (Å²) in [7, 11) is 0. The SMILES string of the molecule is NC(=O)NC(O)C(=O)[O-]. The van der Waals surface area contributed by atoms with E-state index in [9.17, 15) is 14.7 Å². The standard InChI is InChI=1S/C3H6N2O4/c4-3(9)5-1(6)2(7)8/h1,6H,(H,7,8)(H3,4,5,9)/p-1. The van der Waals surface area contributed by atoms with E-state index in [1.165, 1.54) is 5.32 Å². The fourth-order valence-electron chi connectivity index (χ4n) is 0.194. The molecule has 9 heavy (non-hydrogen) atoms. The summed E-state index contributed by atoms with van der Waals surface area (Å²) in [6.45, 7) is 0. The van der Waals surface area contributed by atoms with E-state index in [4.69, 9.17) is 5.11 Å². The maximum Gasteiger partial charge on any atom is 0.314 e. The minimum atomic E-state index is -2.03. The Morgan fingerprint density at radius 3 is 2.22 bits per heavy atom. The molecule has 4 N–H and O–H groups in total. The molecule has 52 valence electrons. The van der Waals surface area contributed by atoms with Crippen molar-refractivity contribution in [3.8, 4) is 0 Å². The summed E-state index contributed by atoms with van der Waals surface area (Å²) in [5.74, 6) is -1.80. The van der Waals surface area contributed by atoms with Crippen molar-refractivity contribution in [2.24, 2.45) is 5.73 Å². The second kappa shape index (κ2) is 2.88. The lowest BCUT2D eigenvalue weighted by Crippen LogP contribution is -2.49. The Kier molecular flexibility index (Phi) is 2.46. The number of aliphatic carboxylic acids is 1. The molecule has 6 heteroatoms. The van der Waals surface area contributed by atoms with Gasteiger partial charge in [0.15, 0.2) is 6.23 Å². The zero-order chi connectivity index (χ0) is 7.44. The Labute approximate surface area is 50.3 Å². The summed E-state index contributed by atoms with van der Waals surface area (Å²) in [6.07, 6.45) is -2.03. The van der Waals surface area contributed by atoms with Crippen molar-refractivity contribution in [3.63, 3.8) is 0 Å². The van der Waals surface area contributed by atoms with Gasteiger partial charge in [0.1, 0.15) is 0 Å². The van der Waals surface area contributed by atoms with E-state index < -0.39 is 18.2 Å². The molecule has 1 unspecified atom stereocenters. The van der Waals surface area contributed by atoms with E-state index in [0.29, 0.717) is 0 Å². The monoisotopic (exact) mass is 133 g/mol. The minimum absolute atomic E-state index is 1.12. The van der Waals surface area contributed by atoms with Gasteiger partial charge in [-0.2, -0.15) is 0 Å². The van der Waals surface area contributed by atoms with E-state index in [1.807, 2.05) is 0 Å². The highest BCUT2D eigenvalue weighted by atomic mass is 16.4. The molecule has 0 aliphatic carbocycles. The molecule has 0 aromatic carbocycles. The van der Waals surface area contributed by atoms with Gasteiger partial charge in [-0.3, -0.25) is 0 Å². The molecule has 0 spiro atoms. The van der Waals surface area contributed by atoms with Gasteiger partial charge in [0.2, 0.25) is 0 Å². The number of amides is 2. The van der Waals surface area contributed by atoms with Gasteiger partial charge in [-0.25, -0.2) is 4.79 Å². The number of aliphatic hydroxyl groups excluding tert-OH is 1. The van der Waals surface area contributed by atoms with Crippen molar-refractivity contribution in [2.45, 2.75) is 6.23 Å². The summed E-state index contributed by atoms with van der Waals surface area (Å²) in [4.78, 5) is 19.4. The predicted molar refractivity (Wildman–Crippen MR) is 23.7 cm³/mol. The number of hydrogen-bond acceptors (Lipinski definition) is 4. The van der Waals surface area contributed by atoms with Crippen LogP contribution in [0.15, 0.2) is 0 Å². The molecule has 0 saturated carbocycles. The zero-order valence-electron chi connectivity index (χ0n) is 4.33. The first-order valence-corrected chi connectivity index (χ1v) is 1.99. The molecule has 0 fully saturated rings. The maximum atomic E-state index is 9.77. The first-order valence-electron chi connectivity index (χ1n) is 1.99. The first kappa shape index (κ1) is 7.70. The van der Waals surface area contributed by atoms with E-state index in [2.05, 4.69) is 5.73 Å². The molecule has 0 aromatic rings. The number of nitrogens with one attached hydrogen (secondary N) is 1. The van der Waals surface area contributed by atoms with Crippen LogP contribution in [-0.2, 0) is 4.79 Å². The van der Waals surface area contributed by atoms with Gasteiger partial charge >= 0.3 is 6.03 Å². The third-order valence-electron chi connectivity index (χ3n) is 0.502. The van der Waals surface area contributed by atoms with Gasteiger partial charge in [-0.15, -0.1) is 0 Å². The van der Waals surface area contributed by atoms with Crippen LogP contribution in [0.25, 0.3) is 0 Å². The Morgan fingerprint density at radius 2 is 2.11 bits per heavy atom. The summed E-state index contributed by atoms with van der Waals surface area (Å²) in [5, 5.41) is 19.3. The van der Waals surface area contributed by atoms with Gasteiger partial charge in [0.05, 0.1) is 5.97 Å². The number of nitrogens with two attached hydrogens (primary N) is 1. The molecular weight excluding hydrogens is 128 g/mol. The lowest BCUT2D eigenvalue weighted by molar-refractivity contribution is -0.315. The van der Waals surface area contributed by atoms with Crippen LogP contribution in [0.5, 0.6) is 0 Å². The van der Waals surface area contributed by atoms with E-state index >= 15 is 0 Å². The lowest BCUT2D eigenvalue weighted by atomic mass is 10.6. The topological polar surface area (TPSA) is 115 Å². The van der Waals surface area contributed by atoms with Crippen molar-refractivity contribution >= 4 is 12.0 Å². The number of hydrogen-bond donors (Lipinski definition) is 3. The fraction of sp³-hybridized carbons (Fsp3) is 0.333. The van der Waals surface area contributed by atoms with Crippen molar-refractivity contribution in [1.82, 2.24) is 5.32 Å². The van der Waals surface area contributed by atoms with E-state index in [0.717, 1.165) is 0 Å². The molecule has 0 saturated heterocycles. The van der Waals surface area contributed by atoms with Crippen LogP contribution in [0.1, 0.15) is 0 Å². The first-order chi connectivity index (χ1) is 4.04. The van der Waals surface area contributed by atoms with Crippen LogP contribution in [0.3, 0.4) is 0 Å². The van der Waals surface area contributed by atoms with E-state index in [1.54, 1.807) is 0 Å². The van der Waals surface area contributed by atoms with Gasteiger partial charge in [0.25, 0.3) is 0 Å². The Morgan fingerprint density at radius 1 is 1.67 bits per heavy atom. The number of primary amides is 1.